The van der Waals surface area contributed by atoms with Crippen molar-refractivity contribution >= 4 is 22.3 Å². The van der Waals surface area contributed by atoms with Crippen molar-refractivity contribution in [3.8, 4) is 21.6 Å². The Bertz CT molecular complexity index is 1070. The first-order chi connectivity index (χ1) is 14.0. The lowest BCUT2D eigenvalue weighted by Crippen LogP contribution is -2.43. The summed E-state index contributed by atoms with van der Waals surface area (Å²) in [6.07, 6.45) is 0. The van der Waals surface area contributed by atoms with E-state index in [1.165, 1.54) is 29.5 Å². The van der Waals surface area contributed by atoms with Crippen molar-refractivity contribution in [2.75, 3.05) is 24.7 Å². The molecule has 1 unspecified atom stereocenters. The Morgan fingerprint density at radius 1 is 1.14 bits per heavy atom. The second-order valence-corrected chi connectivity index (χ2v) is 7.93. The van der Waals surface area contributed by atoms with Crippen LogP contribution in [-0.4, -0.2) is 36.9 Å². The van der Waals surface area contributed by atoms with Gasteiger partial charge in [-0.15, -0.1) is 11.3 Å². The van der Waals surface area contributed by atoms with Gasteiger partial charge in [0.15, 0.2) is 11.6 Å². The van der Waals surface area contributed by atoms with Crippen molar-refractivity contribution in [1.29, 1.82) is 0 Å². The number of hydrogen-bond donors (Lipinski definition) is 1. The maximum Gasteiger partial charge on any atom is 0.336 e. The molecular weight excluding hydrogens is 396 g/mol. The van der Waals surface area contributed by atoms with Crippen molar-refractivity contribution in [2.45, 2.75) is 13.0 Å². The zero-order valence-corrected chi connectivity index (χ0v) is 16.5. The number of benzene rings is 2. The second kappa shape index (κ2) is 7.93. The summed E-state index contributed by atoms with van der Waals surface area (Å²) in [6, 6.07) is 12.6. The first kappa shape index (κ1) is 19.5. The van der Waals surface area contributed by atoms with Gasteiger partial charge in [0.2, 0.25) is 0 Å². The number of carboxylic acid groups (broad SMARTS) is 1. The minimum atomic E-state index is -1.07. The van der Waals surface area contributed by atoms with Crippen molar-refractivity contribution in [3.63, 3.8) is 0 Å². The number of ether oxygens (including phenoxy) is 1. The summed E-state index contributed by atoms with van der Waals surface area (Å²) in [5.41, 5.74) is 1.20. The molecule has 0 bridgehead atoms. The molecule has 0 amide bonds. The second-order valence-electron chi connectivity index (χ2n) is 6.90. The van der Waals surface area contributed by atoms with Crippen LogP contribution in [0.1, 0.15) is 17.3 Å². The fourth-order valence-electron chi connectivity index (χ4n) is 3.55. The molecule has 0 radical (unpaired) electrons. The molecule has 0 saturated carbocycles. The summed E-state index contributed by atoms with van der Waals surface area (Å²) in [5.74, 6) is -2.95. The molecule has 150 valence electrons. The molecule has 3 aromatic rings. The van der Waals surface area contributed by atoms with Crippen LogP contribution >= 0.6 is 11.3 Å². The number of thiophene rings is 1. The third kappa shape index (κ3) is 3.63. The number of morpholine rings is 1. The Morgan fingerprint density at radius 2 is 1.90 bits per heavy atom. The lowest BCUT2D eigenvalue weighted by Gasteiger charge is -2.34. The number of halogens is 2. The smallest absolute Gasteiger partial charge is 0.336 e. The van der Waals surface area contributed by atoms with Crippen molar-refractivity contribution in [3.05, 3.63) is 65.7 Å². The topological polar surface area (TPSA) is 49.8 Å². The van der Waals surface area contributed by atoms with E-state index < -0.39 is 17.6 Å². The van der Waals surface area contributed by atoms with Crippen LogP contribution in [0, 0.1) is 11.6 Å². The first-order valence-electron chi connectivity index (χ1n) is 9.22. The number of hydrogen-bond acceptors (Lipinski definition) is 4. The summed E-state index contributed by atoms with van der Waals surface area (Å²) >= 11 is 1.38. The number of nitrogens with zero attached hydrogens (tertiary/aromatic N) is 1. The molecule has 1 fully saturated rings. The zero-order chi connectivity index (χ0) is 20.5. The maximum atomic E-state index is 14.7. The average molecular weight is 415 g/mol. The van der Waals surface area contributed by atoms with Crippen LogP contribution in [0.25, 0.3) is 21.6 Å². The molecule has 29 heavy (non-hydrogen) atoms. The van der Waals surface area contributed by atoms with Crippen LogP contribution in [0.2, 0.25) is 0 Å². The molecule has 1 aromatic heterocycles. The standard InChI is InChI=1S/C22H19F2NO3S/c1-13-12-28-10-9-25(13)19-11-17(14-7-4-8-18(23)20(14)24)21(29-19)15-5-2-3-6-16(15)22(26)27/h2-8,11,13H,9-10,12H2,1H3,(H,26,27). The van der Waals surface area contributed by atoms with E-state index in [1.54, 1.807) is 18.2 Å². The number of carboxylic acids is 1. The average Bonchev–Trinajstić information content (AvgIpc) is 3.15. The zero-order valence-electron chi connectivity index (χ0n) is 15.7. The molecule has 1 N–H and O–H groups in total. The lowest BCUT2D eigenvalue weighted by molar-refractivity contribution is 0.0697. The summed E-state index contributed by atoms with van der Waals surface area (Å²) < 4.78 is 34.1. The highest BCUT2D eigenvalue weighted by molar-refractivity contribution is 7.20. The van der Waals surface area contributed by atoms with E-state index >= 15 is 0 Å². The highest BCUT2D eigenvalue weighted by atomic mass is 32.1. The molecule has 4 rings (SSSR count). The van der Waals surface area contributed by atoms with E-state index in [9.17, 15) is 18.7 Å². The van der Waals surface area contributed by atoms with Gasteiger partial charge < -0.3 is 14.7 Å². The summed E-state index contributed by atoms with van der Waals surface area (Å²) in [6.45, 7) is 3.86. The fraction of sp³-hybridized carbons (Fsp3) is 0.227. The van der Waals surface area contributed by atoms with Crippen LogP contribution in [0.3, 0.4) is 0 Å². The van der Waals surface area contributed by atoms with Gasteiger partial charge in [0.1, 0.15) is 0 Å². The summed E-state index contributed by atoms with van der Waals surface area (Å²) in [4.78, 5) is 14.5. The van der Waals surface area contributed by atoms with Crippen LogP contribution in [-0.2, 0) is 4.74 Å². The van der Waals surface area contributed by atoms with E-state index in [0.29, 0.717) is 35.8 Å². The predicted octanol–water partition coefficient (Wildman–Crippen LogP) is 5.28. The van der Waals surface area contributed by atoms with Gasteiger partial charge in [0.05, 0.1) is 29.8 Å². The molecule has 7 heteroatoms. The van der Waals surface area contributed by atoms with Crippen LogP contribution < -0.4 is 4.90 Å². The van der Waals surface area contributed by atoms with Crippen molar-refractivity contribution < 1.29 is 23.4 Å². The normalized spacial score (nSPS) is 16.8. The van der Waals surface area contributed by atoms with E-state index in [4.69, 9.17) is 4.74 Å². The number of anilines is 1. The molecule has 2 heterocycles. The van der Waals surface area contributed by atoms with Gasteiger partial charge in [-0.2, -0.15) is 0 Å². The molecule has 0 aliphatic carbocycles. The molecule has 0 spiro atoms. The van der Waals surface area contributed by atoms with Gasteiger partial charge in [-0.1, -0.05) is 30.3 Å². The van der Waals surface area contributed by atoms with Crippen LogP contribution in [0.15, 0.2) is 48.5 Å². The molecule has 1 aliphatic rings. The minimum Gasteiger partial charge on any atom is -0.478 e. The Kier molecular flexibility index (Phi) is 5.34. The van der Waals surface area contributed by atoms with E-state index in [-0.39, 0.29) is 17.2 Å². The SMILES string of the molecule is CC1COCCN1c1cc(-c2cccc(F)c2F)c(-c2ccccc2C(=O)O)s1. The third-order valence-corrected chi connectivity index (χ3v) is 6.22. The molecule has 1 aliphatic heterocycles. The van der Waals surface area contributed by atoms with E-state index in [1.807, 2.05) is 13.0 Å². The molecule has 1 atom stereocenters. The highest BCUT2D eigenvalue weighted by Crippen LogP contribution is 2.45. The quantitative estimate of drug-likeness (QED) is 0.630. The Hall–Kier alpha value is -2.77. The predicted molar refractivity (Wildman–Crippen MR) is 110 cm³/mol. The number of carbonyl (C=O) groups is 1. The van der Waals surface area contributed by atoms with E-state index in [0.717, 1.165) is 11.1 Å². The van der Waals surface area contributed by atoms with Gasteiger partial charge in [-0.05, 0) is 25.1 Å². The monoisotopic (exact) mass is 415 g/mol. The molecule has 2 aromatic carbocycles. The van der Waals surface area contributed by atoms with Crippen LogP contribution in [0.4, 0.5) is 13.8 Å². The van der Waals surface area contributed by atoms with E-state index in [2.05, 4.69) is 4.90 Å². The Morgan fingerprint density at radius 3 is 2.66 bits per heavy atom. The molecule has 1 saturated heterocycles. The molecular formula is C22H19F2NO3S. The van der Waals surface area contributed by atoms with Gasteiger partial charge in [-0.25, -0.2) is 13.6 Å². The van der Waals surface area contributed by atoms with Gasteiger partial charge >= 0.3 is 5.97 Å². The third-order valence-electron chi connectivity index (χ3n) is 5.01. The maximum absolute atomic E-state index is 14.7. The molecule has 4 nitrogen and oxygen atoms in total. The number of aromatic carboxylic acids is 1. The Balaban J connectivity index is 1.94. The lowest BCUT2D eigenvalue weighted by atomic mass is 9.98. The highest BCUT2D eigenvalue weighted by Gasteiger charge is 2.26. The summed E-state index contributed by atoms with van der Waals surface area (Å²) in [5, 5.41) is 10.5. The van der Waals surface area contributed by atoms with Crippen molar-refractivity contribution in [2.24, 2.45) is 0 Å². The summed E-state index contributed by atoms with van der Waals surface area (Å²) in [7, 11) is 0. The first-order valence-corrected chi connectivity index (χ1v) is 10.0. The largest absolute Gasteiger partial charge is 0.478 e. The van der Waals surface area contributed by atoms with Crippen molar-refractivity contribution in [1.82, 2.24) is 0 Å². The van der Waals surface area contributed by atoms with Gasteiger partial charge in [0, 0.05) is 28.1 Å². The van der Waals surface area contributed by atoms with Gasteiger partial charge in [-0.3, -0.25) is 0 Å². The minimum absolute atomic E-state index is 0.114. The Labute approximate surface area is 171 Å². The number of rotatable bonds is 4. The fourth-order valence-corrected chi connectivity index (χ4v) is 4.89. The van der Waals surface area contributed by atoms with Gasteiger partial charge in [0.25, 0.3) is 0 Å². The van der Waals surface area contributed by atoms with Crippen LogP contribution in [0.5, 0.6) is 0 Å².